The van der Waals surface area contributed by atoms with Crippen LogP contribution < -0.4 is 26.4 Å². The Hall–Kier alpha value is -6.49. The number of unbranched alkanes of at least 4 members (excludes halogenated alkanes) is 14. The fourth-order valence-corrected chi connectivity index (χ4v) is 9.20. The summed E-state index contributed by atoms with van der Waals surface area (Å²) in [6.45, 7) is 2.99. The summed E-state index contributed by atoms with van der Waals surface area (Å²) in [5.41, 5.74) is -12.4. The van der Waals surface area contributed by atoms with Gasteiger partial charge in [-0.15, -0.1) is 21.9 Å². The Morgan fingerprint density at radius 3 is 0.961 bits per heavy atom. The van der Waals surface area contributed by atoms with Crippen LogP contribution in [0.15, 0.2) is 48.9 Å². The second kappa shape index (κ2) is 27.2. The van der Waals surface area contributed by atoms with Crippen LogP contribution in [0.5, 0.6) is 0 Å². The third-order valence-corrected chi connectivity index (χ3v) is 13.0. The second-order valence-corrected chi connectivity index (χ2v) is 18.0. The van der Waals surface area contributed by atoms with E-state index in [2.05, 4.69) is 24.0 Å². The molecule has 0 saturated carbocycles. The zero-order valence-electron chi connectivity index (χ0n) is 40.6. The maximum absolute atomic E-state index is 15.4. The fraction of sp³-hybridized carbons (Fsp3) is 0.340. The molecule has 416 valence electrons. The van der Waals surface area contributed by atoms with Crippen molar-refractivity contribution in [1.82, 2.24) is 4.98 Å². The van der Waals surface area contributed by atoms with Gasteiger partial charge in [0.25, 0.3) is 5.69 Å². The first-order chi connectivity index (χ1) is 36.5. The highest BCUT2D eigenvalue weighted by Crippen LogP contribution is 2.31. The normalized spacial score (nSPS) is 11.6. The van der Waals surface area contributed by atoms with Gasteiger partial charge in [-0.3, -0.25) is 9.78 Å². The molecule has 0 aliphatic carbocycles. The Kier molecular flexibility index (Phi) is 21.7. The lowest BCUT2D eigenvalue weighted by atomic mass is 9.12. The number of ketones is 1. The van der Waals surface area contributed by atoms with Gasteiger partial charge in [0.05, 0.1) is 6.20 Å². The number of rotatable bonds is 23. The Bertz CT molecular complexity index is 2690. The molecule has 24 heteroatoms. The molecule has 0 aliphatic heterocycles. The van der Waals surface area contributed by atoms with Crippen LogP contribution in [-0.4, -0.2) is 16.9 Å². The zero-order valence-corrected chi connectivity index (χ0v) is 40.6. The molecule has 1 heterocycles. The third kappa shape index (κ3) is 12.8. The Morgan fingerprint density at radius 1 is 0.390 bits per heavy atom. The van der Waals surface area contributed by atoms with Crippen LogP contribution in [0.2, 0.25) is 0 Å². The van der Waals surface area contributed by atoms with Gasteiger partial charge >= 0.3 is 0 Å². The summed E-state index contributed by atoms with van der Waals surface area (Å²) < 4.78 is 296. The van der Waals surface area contributed by atoms with Crippen LogP contribution in [0.1, 0.15) is 126 Å². The number of Topliss-reactive ketones (excluding diaryl/α,β-unsaturated/α-hetero) is 1. The minimum Gasteiger partial charge on any atom is -0.287 e. The Morgan fingerprint density at radius 2 is 0.662 bits per heavy atom. The number of benzene rings is 5. The highest BCUT2D eigenvalue weighted by atomic mass is 19.2. The molecule has 3 nitrogen and oxygen atoms in total. The number of nitrogens with zero attached hydrogens (tertiary/aromatic N) is 2. The van der Waals surface area contributed by atoms with E-state index in [4.69, 9.17) is 0 Å². The summed E-state index contributed by atoms with van der Waals surface area (Å²) in [6, 6.07) is 10.3. The number of halogens is 20. The number of aromatic nitrogens is 2. The first kappa shape index (κ1) is 61.4. The summed E-state index contributed by atoms with van der Waals surface area (Å²) in [5.74, 6) is -71.2. The van der Waals surface area contributed by atoms with E-state index < -0.39 is 144 Å². The largest absolute Gasteiger partial charge is 0.287 e. The van der Waals surface area contributed by atoms with E-state index in [9.17, 15) is 57.5 Å². The average molecular weight is 1120 g/mol. The molecular weight excluding hydrogens is 1070 g/mol. The van der Waals surface area contributed by atoms with Crippen molar-refractivity contribution in [3.63, 3.8) is 0 Å². The molecule has 0 radical (unpaired) electrons. The van der Waals surface area contributed by atoms with E-state index in [0.29, 0.717) is 13.0 Å². The van der Waals surface area contributed by atoms with Gasteiger partial charge < -0.3 is 0 Å². The predicted octanol–water partition coefficient (Wildman–Crippen LogP) is 13.7. The summed E-state index contributed by atoms with van der Waals surface area (Å²) in [7, 11) is 0. The van der Waals surface area contributed by atoms with Crippen LogP contribution in [0.3, 0.4) is 0 Å². The minimum absolute atomic E-state index is 0.212. The maximum atomic E-state index is 15.4. The number of hydrogen-bond acceptors (Lipinski definition) is 2. The number of carbonyl (C=O) groups is 1. The van der Waals surface area contributed by atoms with E-state index >= 15 is 35.1 Å². The van der Waals surface area contributed by atoms with Gasteiger partial charge in [0.1, 0.15) is 58.9 Å². The van der Waals surface area contributed by atoms with Crippen molar-refractivity contribution in [2.24, 2.45) is 0 Å². The van der Waals surface area contributed by atoms with E-state index in [1.807, 2.05) is 29.0 Å². The van der Waals surface area contributed by atoms with Crippen LogP contribution in [-0.2, 0) is 6.54 Å². The molecule has 6 aromatic rings. The van der Waals surface area contributed by atoms with E-state index in [1.54, 1.807) is 12.4 Å². The maximum Gasteiger partial charge on any atom is 0.267 e. The summed E-state index contributed by atoms with van der Waals surface area (Å²) in [6.07, 6.45) is 18.9. The van der Waals surface area contributed by atoms with Gasteiger partial charge in [0.15, 0.2) is 82.5 Å². The molecule has 0 saturated heterocycles. The smallest absolute Gasteiger partial charge is 0.267 e. The number of carbonyl (C=O) groups excluding carboxylic acids is 1. The zero-order chi connectivity index (χ0) is 57.1. The molecule has 0 N–H and O–H groups in total. The molecule has 0 amide bonds. The molecule has 0 fully saturated rings. The van der Waals surface area contributed by atoms with Crippen molar-refractivity contribution in [2.75, 3.05) is 0 Å². The highest BCUT2D eigenvalue weighted by Gasteiger charge is 2.52. The molecule has 0 spiro atoms. The standard InChI is InChI=1S/C29H45N2O.C24BF20/c1-2-3-4-5-6-7-8-9-10-11-12-13-14-15-19-22-29(32)28-25-30-23-24-31(28)26-27-20-17-16-18-21-27;26-5-1(6(27)14(35)21(42)13(5)34)25(2-7(28)15(36)22(43)16(37)8(2)29,3-9(30)17(38)23(44)18(39)10(3)31)4-11(32)19(40)24(45)20(41)12(4)33/h16-18,20-21,23-25H,2-15,19,22,26H2,1H3;/q+1;-1. The van der Waals surface area contributed by atoms with Gasteiger partial charge in [-0.1, -0.05) is 127 Å². The van der Waals surface area contributed by atoms with Crippen LogP contribution in [0, 0.1) is 116 Å². The van der Waals surface area contributed by atoms with Gasteiger partial charge in [-0.25, -0.2) is 87.8 Å². The van der Waals surface area contributed by atoms with Crippen molar-refractivity contribution in [2.45, 2.75) is 116 Å². The van der Waals surface area contributed by atoms with E-state index in [1.165, 1.54) is 89.0 Å². The van der Waals surface area contributed by atoms with Crippen LogP contribution in [0.25, 0.3) is 0 Å². The molecule has 0 unspecified atom stereocenters. The average Bonchev–Trinajstić information content (AvgIpc) is 3.50. The van der Waals surface area contributed by atoms with Gasteiger partial charge in [-0.05, 0) is 6.42 Å². The summed E-state index contributed by atoms with van der Waals surface area (Å²) >= 11 is 0. The van der Waals surface area contributed by atoms with Crippen molar-refractivity contribution in [3.8, 4) is 0 Å². The Balaban J connectivity index is 0.000000301. The van der Waals surface area contributed by atoms with Gasteiger partial charge in [0, 0.05) is 12.0 Å². The highest BCUT2D eigenvalue weighted by molar-refractivity contribution is 7.20. The van der Waals surface area contributed by atoms with Crippen molar-refractivity contribution in [1.29, 1.82) is 0 Å². The first-order valence-corrected chi connectivity index (χ1v) is 24.1. The molecule has 0 aliphatic rings. The first-order valence-electron chi connectivity index (χ1n) is 24.1. The third-order valence-electron chi connectivity index (χ3n) is 13.0. The second-order valence-electron chi connectivity index (χ2n) is 18.0. The quantitative estimate of drug-likeness (QED) is 0.0122. The molecule has 77 heavy (non-hydrogen) atoms. The molecular formula is C53H45BF20N2O. The summed E-state index contributed by atoms with van der Waals surface area (Å²) in [5, 5.41) is 0. The molecule has 1 aromatic heterocycles. The molecule has 6 rings (SSSR count). The topological polar surface area (TPSA) is 33.8 Å². The lowest BCUT2D eigenvalue weighted by molar-refractivity contribution is -0.690. The van der Waals surface area contributed by atoms with Crippen LogP contribution >= 0.6 is 0 Å². The van der Waals surface area contributed by atoms with Crippen molar-refractivity contribution >= 4 is 33.8 Å². The molecule has 0 bridgehead atoms. The predicted molar refractivity (Wildman–Crippen MR) is 243 cm³/mol. The molecule has 0 atom stereocenters. The molecule has 5 aromatic carbocycles. The minimum atomic E-state index is -7.22. The fourth-order valence-electron chi connectivity index (χ4n) is 9.20. The summed E-state index contributed by atoms with van der Waals surface area (Å²) in [4.78, 5) is 16.9. The lowest BCUT2D eigenvalue weighted by Gasteiger charge is -2.44. The lowest BCUT2D eigenvalue weighted by Crippen LogP contribution is -2.81. The van der Waals surface area contributed by atoms with Crippen molar-refractivity contribution < 1.29 is 97.2 Å². The van der Waals surface area contributed by atoms with E-state index in [-0.39, 0.29) is 5.78 Å². The Labute approximate surface area is 427 Å². The van der Waals surface area contributed by atoms with Gasteiger partial charge in [-0.2, -0.15) is 4.57 Å². The number of hydrogen-bond donors (Lipinski definition) is 0. The SMILES string of the molecule is CCCCCCCCCCCCCCCCCC(=O)c1cncc[n+]1Cc1ccccc1.Fc1c(F)c(F)c([B-](c2c(F)c(F)c(F)c(F)c2F)(c2c(F)c(F)c(F)c(F)c2F)c2c(F)c(F)c(F)c(F)c2F)c(F)c1F. The van der Waals surface area contributed by atoms with Crippen LogP contribution in [0.4, 0.5) is 87.8 Å². The van der Waals surface area contributed by atoms with Crippen molar-refractivity contribution in [3.05, 3.63) is 177 Å². The van der Waals surface area contributed by atoms with E-state index in [0.717, 1.165) is 18.5 Å². The monoisotopic (exact) mass is 1120 g/mol. The van der Waals surface area contributed by atoms with Gasteiger partial charge in [0.2, 0.25) is 5.78 Å².